The van der Waals surface area contributed by atoms with Crippen LogP contribution >= 0.6 is 0 Å². The van der Waals surface area contributed by atoms with Gasteiger partial charge in [0.25, 0.3) is 10.2 Å². The number of amides is 1. The molecule has 7 nitrogen and oxygen atoms in total. The largest absolute Gasteiger partial charge is 0.457 e. The molecule has 0 saturated carbocycles. The summed E-state index contributed by atoms with van der Waals surface area (Å²) < 4.78 is 34.7. The Morgan fingerprint density at radius 1 is 0.733 bits per heavy atom. The maximum Gasteiger partial charge on any atom is 0.277 e. The minimum absolute atomic E-state index is 0.0625. The van der Waals surface area contributed by atoms with Crippen molar-refractivity contribution in [1.82, 2.24) is 14.8 Å². The van der Waals surface area contributed by atoms with Crippen molar-refractivity contribution in [3.05, 3.63) is 96.1 Å². The number of carbonyl (C=O) groups excluding carboxylic acids is 1. The van der Waals surface area contributed by atoms with Gasteiger partial charge >= 0.3 is 0 Å². The number of para-hydroxylation sites is 1. The van der Waals surface area contributed by atoms with E-state index in [2.05, 4.69) is 14.8 Å². The van der Waals surface area contributed by atoms with Crippen molar-refractivity contribution in [3.63, 3.8) is 0 Å². The second-order valence-electron chi connectivity index (χ2n) is 6.47. The number of hydrogen-bond acceptors (Lipinski definition) is 4. The van der Waals surface area contributed by atoms with Crippen molar-refractivity contribution < 1.29 is 17.9 Å². The molecule has 3 N–H and O–H groups in total. The maximum absolute atomic E-state index is 12.1. The average Bonchev–Trinajstić information content (AvgIpc) is 2.77. The Hall–Kier alpha value is -3.20. The Morgan fingerprint density at radius 3 is 2.10 bits per heavy atom. The Kier molecular flexibility index (Phi) is 7.56. The van der Waals surface area contributed by atoms with Crippen molar-refractivity contribution in [1.29, 1.82) is 0 Å². The predicted octanol–water partition coefficient (Wildman–Crippen LogP) is 2.72. The molecule has 0 spiro atoms. The van der Waals surface area contributed by atoms with E-state index in [1.165, 1.54) is 0 Å². The second-order valence-corrected chi connectivity index (χ2v) is 8.05. The molecule has 0 heterocycles. The monoisotopic (exact) mass is 425 g/mol. The fourth-order valence-corrected chi connectivity index (χ4v) is 3.37. The van der Waals surface area contributed by atoms with E-state index in [9.17, 15) is 13.2 Å². The van der Waals surface area contributed by atoms with Crippen molar-refractivity contribution in [2.24, 2.45) is 0 Å². The number of nitrogens with one attached hydrogen (secondary N) is 3. The number of rotatable bonds is 10. The van der Waals surface area contributed by atoms with Gasteiger partial charge in [-0.25, -0.2) is 0 Å². The molecule has 0 fully saturated rings. The van der Waals surface area contributed by atoms with Gasteiger partial charge in [-0.15, -0.1) is 0 Å². The first-order valence-electron chi connectivity index (χ1n) is 9.37. The molecule has 8 heteroatoms. The normalized spacial score (nSPS) is 11.1. The third kappa shape index (κ3) is 7.32. The molecule has 0 radical (unpaired) electrons. The van der Waals surface area contributed by atoms with Gasteiger partial charge in [-0.2, -0.15) is 17.9 Å². The topological polar surface area (TPSA) is 96.5 Å². The third-order valence-electron chi connectivity index (χ3n) is 4.10. The summed E-state index contributed by atoms with van der Waals surface area (Å²) in [4.78, 5) is 11.9. The van der Waals surface area contributed by atoms with Crippen LogP contribution in [-0.4, -0.2) is 20.9 Å². The van der Waals surface area contributed by atoms with E-state index in [-0.39, 0.29) is 13.1 Å². The number of benzene rings is 3. The first-order chi connectivity index (χ1) is 14.5. The summed E-state index contributed by atoms with van der Waals surface area (Å²) in [5.74, 6) is 0.882. The molecule has 156 valence electrons. The molecule has 0 aromatic heterocycles. The van der Waals surface area contributed by atoms with E-state index in [4.69, 9.17) is 4.74 Å². The first-order valence-corrected chi connectivity index (χ1v) is 10.9. The van der Waals surface area contributed by atoms with Gasteiger partial charge in [0.05, 0.1) is 6.54 Å². The van der Waals surface area contributed by atoms with Crippen molar-refractivity contribution in [2.75, 3.05) is 6.54 Å². The second kappa shape index (κ2) is 10.5. The van der Waals surface area contributed by atoms with Gasteiger partial charge in [-0.05, 0) is 35.4 Å². The molecule has 30 heavy (non-hydrogen) atoms. The van der Waals surface area contributed by atoms with E-state index in [0.29, 0.717) is 18.0 Å². The van der Waals surface area contributed by atoms with E-state index in [0.717, 1.165) is 11.1 Å². The van der Waals surface area contributed by atoms with Gasteiger partial charge in [-0.1, -0.05) is 60.7 Å². The lowest BCUT2D eigenvalue weighted by Gasteiger charge is -2.10. The highest BCUT2D eigenvalue weighted by molar-refractivity contribution is 7.87. The Labute approximate surface area is 176 Å². The van der Waals surface area contributed by atoms with E-state index >= 15 is 0 Å². The van der Waals surface area contributed by atoms with Crippen LogP contribution < -0.4 is 19.5 Å². The lowest BCUT2D eigenvalue weighted by atomic mass is 10.2. The van der Waals surface area contributed by atoms with Crippen molar-refractivity contribution in [2.45, 2.75) is 13.1 Å². The molecule has 3 rings (SSSR count). The summed E-state index contributed by atoms with van der Waals surface area (Å²) in [6, 6.07) is 25.8. The summed E-state index contributed by atoms with van der Waals surface area (Å²) >= 11 is 0. The standard InChI is InChI=1S/C22H23N3O4S/c26-22(23-15-18-8-3-1-4-9-18)17-25-30(27,28)24-16-19-10-7-13-21(14-19)29-20-11-5-2-6-12-20/h1-14,24-25H,15-17H2,(H,23,26). The Balaban J connectivity index is 1.45. The van der Waals surface area contributed by atoms with E-state index in [1.807, 2.05) is 60.7 Å². The summed E-state index contributed by atoms with van der Waals surface area (Å²) in [7, 11) is -3.83. The summed E-state index contributed by atoms with van der Waals surface area (Å²) in [6.45, 7) is 0.0509. The van der Waals surface area contributed by atoms with Crippen molar-refractivity contribution in [3.8, 4) is 11.5 Å². The lowest BCUT2D eigenvalue weighted by molar-refractivity contribution is -0.120. The fraction of sp³-hybridized carbons (Fsp3) is 0.136. The minimum atomic E-state index is -3.83. The quantitative estimate of drug-likeness (QED) is 0.465. The molecule has 0 saturated heterocycles. The van der Waals surface area contributed by atoms with Gasteiger partial charge < -0.3 is 10.1 Å². The average molecular weight is 426 g/mol. The molecule has 1 amide bonds. The number of carbonyl (C=O) groups is 1. The highest BCUT2D eigenvalue weighted by Gasteiger charge is 2.12. The van der Waals surface area contributed by atoms with Crippen LogP contribution in [0.15, 0.2) is 84.9 Å². The molecule has 0 unspecified atom stereocenters. The van der Waals surface area contributed by atoms with Crippen LogP contribution in [0.3, 0.4) is 0 Å². The number of hydrogen-bond donors (Lipinski definition) is 3. The van der Waals surface area contributed by atoms with Gasteiger partial charge in [0.1, 0.15) is 11.5 Å². The highest BCUT2D eigenvalue weighted by atomic mass is 32.2. The predicted molar refractivity (Wildman–Crippen MR) is 115 cm³/mol. The van der Waals surface area contributed by atoms with Crippen LogP contribution in [0.25, 0.3) is 0 Å². The van der Waals surface area contributed by atoms with Crippen LogP contribution in [0, 0.1) is 0 Å². The van der Waals surface area contributed by atoms with Crippen LogP contribution in [0.2, 0.25) is 0 Å². The van der Waals surface area contributed by atoms with Crippen LogP contribution in [0.5, 0.6) is 11.5 Å². The molecule has 0 aliphatic carbocycles. The lowest BCUT2D eigenvalue weighted by Crippen LogP contribution is -2.42. The van der Waals surface area contributed by atoms with Crippen molar-refractivity contribution >= 4 is 16.1 Å². The van der Waals surface area contributed by atoms with Crippen LogP contribution in [0.4, 0.5) is 0 Å². The summed E-state index contributed by atoms with van der Waals surface area (Å²) in [6.07, 6.45) is 0. The van der Waals surface area contributed by atoms with Gasteiger partial charge in [0.15, 0.2) is 0 Å². The fourth-order valence-electron chi connectivity index (χ4n) is 2.59. The first kappa shape index (κ1) is 21.5. The van der Waals surface area contributed by atoms with Gasteiger partial charge in [-0.3, -0.25) is 4.79 Å². The Morgan fingerprint density at radius 2 is 1.37 bits per heavy atom. The van der Waals surface area contributed by atoms with Crippen LogP contribution in [-0.2, 0) is 28.1 Å². The Bertz CT molecular complexity index is 1060. The molecule has 3 aromatic carbocycles. The van der Waals surface area contributed by atoms with Crippen LogP contribution in [0.1, 0.15) is 11.1 Å². The smallest absolute Gasteiger partial charge is 0.277 e. The molecule has 0 atom stereocenters. The zero-order chi connectivity index (χ0) is 21.2. The zero-order valence-electron chi connectivity index (χ0n) is 16.2. The highest BCUT2D eigenvalue weighted by Crippen LogP contribution is 2.21. The summed E-state index contributed by atoms with van der Waals surface area (Å²) in [5, 5.41) is 2.67. The maximum atomic E-state index is 12.1. The molecular weight excluding hydrogens is 402 g/mol. The third-order valence-corrected chi connectivity index (χ3v) is 5.15. The van der Waals surface area contributed by atoms with Gasteiger partial charge in [0.2, 0.25) is 5.91 Å². The molecule has 0 bridgehead atoms. The molecule has 0 aliphatic rings. The van der Waals surface area contributed by atoms with E-state index in [1.54, 1.807) is 24.3 Å². The zero-order valence-corrected chi connectivity index (χ0v) is 17.1. The summed E-state index contributed by atoms with van der Waals surface area (Å²) in [5.41, 5.74) is 1.66. The molecule has 0 aliphatic heterocycles. The minimum Gasteiger partial charge on any atom is -0.457 e. The number of ether oxygens (including phenoxy) is 1. The van der Waals surface area contributed by atoms with Gasteiger partial charge in [0, 0.05) is 13.1 Å². The SMILES string of the molecule is O=C(CNS(=O)(=O)NCc1cccc(Oc2ccccc2)c1)NCc1ccccc1. The molecular formula is C22H23N3O4S. The molecule has 3 aromatic rings. The van der Waals surface area contributed by atoms with E-state index < -0.39 is 16.1 Å².